The molecule has 0 unspecified atom stereocenters. The lowest BCUT2D eigenvalue weighted by Gasteiger charge is -2.20. The fraction of sp³-hybridized carbons (Fsp3) is 0.278. The van der Waals surface area contributed by atoms with Gasteiger partial charge in [-0.05, 0) is 19.1 Å². The zero-order valence-corrected chi connectivity index (χ0v) is 15.4. The van der Waals surface area contributed by atoms with Crippen LogP contribution in [0.4, 0.5) is 0 Å². The average Bonchev–Trinajstić information content (AvgIpc) is 3.16. The van der Waals surface area contributed by atoms with Crippen molar-refractivity contribution in [1.82, 2.24) is 4.90 Å². The maximum Gasteiger partial charge on any atom is 0.349 e. The number of hydrogen-bond donors (Lipinski definition) is 0. The molecule has 5 nitrogen and oxygen atoms in total. The molecule has 0 fully saturated rings. The van der Waals surface area contributed by atoms with Crippen molar-refractivity contribution in [2.24, 2.45) is 0 Å². The van der Waals surface area contributed by atoms with Crippen molar-refractivity contribution in [2.75, 3.05) is 13.6 Å². The predicted octanol–water partition coefficient (Wildman–Crippen LogP) is 4.03. The Labute approximate surface area is 153 Å². The molecule has 0 N–H and O–H groups in total. The van der Waals surface area contributed by atoms with Gasteiger partial charge < -0.3 is 9.64 Å². The van der Waals surface area contributed by atoms with Crippen LogP contribution in [0.15, 0.2) is 30.3 Å². The van der Waals surface area contributed by atoms with Gasteiger partial charge >= 0.3 is 5.97 Å². The van der Waals surface area contributed by atoms with E-state index in [4.69, 9.17) is 10.00 Å². The summed E-state index contributed by atoms with van der Waals surface area (Å²) in [5.41, 5.74) is 0. The van der Waals surface area contributed by atoms with E-state index in [-0.39, 0.29) is 12.3 Å². The molecule has 25 heavy (non-hydrogen) atoms. The molecule has 1 amide bonds. The van der Waals surface area contributed by atoms with Gasteiger partial charge in [-0.3, -0.25) is 4.79 Å². The topological polar surface area (TPSA) is 70.4 Å². The third kappa shape index (κ3) is 3.50. The molecule has 0 saturated heterocycles. The molecule has 2 heterocycles. The predicted molar refractivity (Wildman–Crippen MR) is 100.0 cm³/mol. The van der Waals surface area contributed by atoms with Crippen molar-refractivity contribution in [2.45, 2.75) is 19.4 Å². The van der Waals surface area contributed by atoms with Crippen molar-refractivity contribution >= 4 is 54.0 Å². The van der Waals surface area contributed by atoms with Gasteiger partial charge in [-0.1, -0.05) is 18.2 Å². The van der Waals surface area contributed by atoms with Crippen LogP contribution in [0.5, 0.6) is 0 Å². The normalized spacial score (nSPS) is 12.0. The van der Waals surface area contributed by atoms with Gasteiger partial charge in [0.25, 0.3) is 5.91 Å². The number of fused-ring (bicyclic) bond motifs is 3. The summed E-state index contributed by atoms with van der Waals surface area (Å²) in [7, 11) is 1.59. The lowest BCUT2D eigenvalue weighted by Crippen LogP contribution is -2.37. The Morgan fingerprint density at radius 1 is 1.28 bits per heavy atom. The highest BCUT2D eigenvalue weighted by Crippen LogP contribution is 2.39. The summed E-state index contributed by atoms with van der Waals surface area (Å²) in [6, 6.07) is 11.9. The minimum atomic E-state index is -0.881. The summed E-state index contributed by atoms with van der Waals surface area (Å²) in [5.74, 6) is -0.806. The molecule has 3 aromatic rings. The van der Waals surface area contributed by atoms with Crippen LogP contribution >= 0.6 is 22.7 Å². The van der Waals surface area contributed by atoms with Crippen LogP contribution in [0.2, 0.25) is 0 Å². The number of esters is 1. The van der Waals surface area contributed by atoms with Crippen LogP contribution < -0.4 is 0 Å². The van der Waals surface area contributed by atoms with E-state index >= 15 is 0 Å². The Morgan fingerprint density at radius 2 is 2.04 bits per heavy atom. The van der Waals surface area contributed by atoms with Crippen molar-refractivity contribution in [3.05, 3.63) is 35.2 Å². The van der Waals surface area contributed by atoms with E-state index in [2.05, 4.69) is 6.07 Å². The smallest absolute Gasteiger partial charge is 0.349 e. The number of carbonyl (C=O) groups is 2. The number of ether oxygens (including phenoxy) is 1. The van der Waals surface area contributed by atoms with Crippen LogP contribution in [0.3, 0.4) is 0 Å². The molecule has 7 heteroatoms. The highest BCUT2D eigenvalue weighted by atomic mass is 32.1. The highest BCUT2D eigenvalue weighted by Gasteiger charge is 2.23. The zero-order valence-electron chi connectivity index (χ0n) is 13.8. The van der Waals surface area contributed by atoms with Gasteiger partial charge in [0.2, 0.25) is 0 Å². The van der Waals surface area contributed by atoms with Gasteiger partial charge in [-0.15, -0.1) is 22.7 Å². The first kappa shape index (κ1) is 17.4. The summed E-state index contributed by atoms with van der Waals surface area (Å²) >= 11 is 3.02. The number of nitrogens with zero attached hydrogens (tertiary/aromatic N) is 2. The fourth-order valence-electron chi connectivity index (χ4n) is 2.51. The summed E-state index contributed by atoms with van der Waals surface area (Å²) in [4.78, 5) is 26.4. The molecule has 1 atom stereocenters. The van der Waals surface area contributed by atoms with Crippen molar-refractivity contribution in [1.29, 1.82) is 5.26 Å². The Bertz CT molecular complexity index is 983. The van der Waals surface area contributed by atoms with Crippen LogP contribution in [-0.2, 0) is 9.53 Å². The molecule has 0 bridgehead atoms. The summed E-state index contributed by atoms with van der Waals surface area (Å²) in [5, 5.41) is 9.71. The largest absolute Gasteiger partial charge is 0.448 e. The first-order chi connectivity index (χ1) is 12.0. The van der Waals surface area contributed by atoms with Gasteiger partial charge in [-0.25, -0.2) is 4.79 Å². The van der Waals surface area contributed by atoms with Crippen LogP contribution in [0.1, 0.15) is 23.0 Å². The second-order valence-corrected chi connectivity index (χ2v) is 7.75. The molecule has 0 aliphatic heterocycles. The molecule has 0 aliphatic rings. The van der Waals surface area contributed by atoms with E-state index in [0.29, 0.717) is 11.4 Å². The monoisotopic (exact) mass is 372 g/mol. The molecule has 128 valence electrons. The number of benzene rings is 1. The molecule has 0 spiro atoms. The van der Waals surface area contributed by atoms with Crippen molar-refractivity contribution < 1.29 is 14.3 Å². The van der Waals surface area contributed by atoms with E-state index in [9.17, 15) is 9.59 Å². The van der Waals surface area contributed by atoms with Crippen LogP contribution in [0.25, 0.3) is 19.5 Å². The number of thiophene rings is 2. The standard InChI is InChI=1S/C18H16N2O3S2/c1-11(17(21)20(2)9-5-8-19)23-18(22)15-10-14-16(25-15)12-6-3-4-7-13(12)24-14/h3-4,6-7,10-11H,5,9H2,1-2H3/t11-/m0/s1. The molecular weight excluding hydrogens is 356 g/mol. The minimum absolute atomic E-state index is 0.247. The van der Waals surface area contributed by atoms with E-state index in [1.807, 2.05) is 30.3 Å². The van der Waals surface area contributed by atoms with Crippen molar-refractivity contribution in [3.8, 4) is 6.07 Å². The molecule has 2 aromatic heterocycles. The van der Waals surface area contributed by atoms with E-state index < -0.39 is 12.1 Å². The SMILES string of the molecule is C[C@H](OC(=O)c1cc2sc3ccccc3c2s1)C(=O)N(C)CCC#N. The van der Waals surface area contributed by atoms with Crippen molar-refractivity contribution in [3.63, 3.8) is 0 Å². The second kappa shape index (κ2) is 7.21. The Hall–Kier alpha value is -2.43. The van der Waals surface area contributed by atoms with Gasteiger partial charge in [0.1, 0.15) is 4.88 Å². The first-order valence-corrected chi connectivity index (χ1v) is 9.38. The average molecular weight is 372 g/mol. The van der Waals surface area contributed by atoms with E-state index in [0.717, 1.165) is 14.8 Å². The second-order valence-electron chi connectivity index (χ2n) is 5.62. The lowest BCUT2D eigenvalue weighted by atomic mass is 10.2. The maximum absolute atomic E-state index is 12.4. The molecule has 1 aromatic carbocycles. The van der Waals surface area contributed by atoms with E-state index in [1.54, 1.807) is 25.3 Å². The summed E-state index contributed by atoms with van der Waals surface area (Å²) in [6.45, 7) is 1.87. The maximum atomic E-state index is 12.4. The van der Waals surface area contributed by atoms with Gasteiger partial charge in [0.05, 0.1) is 17.2 Å². The quantitative estimate of drug-likeness (QED) is 0.634. The Balaban J connectivity index is 1.73. The summed E-state index contributed by atoms with van der Waals surface area (Å²) in [6.07, 6.45) is -0.634. The molecular formula is C18H16N2O3S2. The fourth-order valence-corrected chi connectivity index (χ4v) is 4.92. The highest BCUT2D eigenvalue weighted by molar-refractivity contribution is 7.33. The number of nitriles is 1. The van der Waals surface area contributed by atoms with Gasteiger partial charge in [0.15, 0.2) is 6.10 Å². The molecule has 0 radical (unpaired) electrons. The summed E-state index contributed by atoms with van der Waals surface area (Å²) < 4.78 is 8.61. The first-order valence-electron chi connectivity index (χ1n) is 7.75. The number of amides is 1. The lowest BCUT2D eigenvalue weighted by molar-refractivity contribution is -0.138. The molecule has 3 rings (SSSR count). The Morgan fingerprint density at radius 3 is 2.80 bits per heavy atom. The van der Waals surface area contributed by atoms with E-state index in [1.165, 1.54) is 20.9 Å². The molecule has 0 saturated carbocycles. The zero-order chi connectivity index (χ0) is 18.0. The number of hydrogen-bond acceptors (Lipinski definition) is 6. The van der Waals surface area contributed by atoms with Crippen LogP contribution in [-0.4, -0.2) is 36.5 Å². The Kier molecular flexibility index (Phi) is 5.02. The third-order valence-electron chi connectivity index (χ3n) is 3.82. The number of rotatable bonds is 5. The number of carbonyl (C=O) groups excluding carboxylic acids is 2. The third-order valence-corrected chi connectivity index (χ3v) is 6.21. The molecule has 0 aliphatic carbocycles. The van der Waals surface area contributed by atoms with Crippen LogP contribution in [0, 0.1) is 11.3 Å². The van der Waals surface area contributed by atoms with Gasteiger partial charge in [-0.2, -0.15) is 5.26 Å². The minimum Gasteiger partial charge on any atom is -0.448 e. The van der Waals surface area contributed by atoms with Gasteiger partial charge in [0, 0.05) is 28.4 Å². The number of likely N-dealkylation sites (N-methyl/N-ethyl adjacent to an activating group) is 1.